The summed E-state index contributed by atoms with van der Waals surface area (Å²) in [5.74, 6) is -0.387. The predicted octanol–water partition coefficient (Wildman–Crippen LogP) is 1.97. The van der Waals surface area contributed by atoms with E-state index in [0.717, 1.165) is 17.0 Å². The van der Waals surface area contributed by atoms with E-state index < -0.39 is 0 Å². The molecule has 1 aromatic heterocycles. The van der Waals surface area contributed by atoms with Crippen molar-refractivity contribution < 1.29 is 9.59 Å². The van der Waals surface area contributed by atoms with Crippen molar-refractivity contribution in [2.45, 2.75) is 0 Å². The van der Waals surface area contributed by atoms with Crippen molar-refractivity contribution in [3.8, 4) is 0 Å². The van der Waals surface area contributed by atoms with Crippen molar-refractivity contribution in [2.24, 2.45) is 0 Å². The van der Waals surface area contributed by atoms with Gasteiger partial charge in [-0.1, -0.05) is 17.4 Å². The van der Waals surface area contributed by atoms with Crippen molar-refractivity contribution in [1.29, 1.82) is 0 Å². The lowest BCUT2D eigenvalue weighted by Gasteiger charge is -2.15. The number of nitrogens with zero attached hydrogens (tertiary/aromatic N) is 3. The molecule has 1 aromatic carbocycles. The molecule has 2 aromatic rings. The summed E-state index contributed by atoms with van der Waals surface area (Å²) in [6.07, 6.45) is 0. The molecule has 3 rings (SSSR count). The van der Waals surface area contributed by atoms with Gasteiger partial charge in [-0.25, -0.2) is 4.79 Å². The highest BCUT2D eigenvalue weighted by molar-refractivity contribution is 7.17. The molecule has 0 bridgehead atoms. The first-order valence-corrected chi connectivity index (χ1v) is 7.29. The number of aromatic nitrogens is 2. The SMILES string of the molecule is O=C(Nc1cccc(N2CCNC2=O)c1)c1nnc(Cl)s1. The van der Waals surface area contributed by atoms with E-state index in [2.05, 4.69) is 20.8 Å². The van der Waals surface area contributed by atoms with Crippen LogP contribution in [-0.2, 0) is 0 Å². The number of anilines is 2. The van der Waals surface area contributed by atoms with Gasteiger partial charge in [-0.05, 0) is 29.8 Å². The van der Waals surface area contributed by atoms with E-state index >= 15 is 0 Å². The molecule has 2 heterocycles. The molecule has 0 aliphatic carbocycles. The summed E-state index contributed by atoms with van der Waals surface area (Å²) >= 11 is 6.65. The minimum atomic E-state index is -0.387. The molecule has 0 radical (unpaired) electrons. The molecule has 108 valence electrons. The number of amides is 3. The fourth-order valence-electron chi connectivity index (χ4n) is 1.95. The van der Waals surface area contributed by atoms with Gasteiger partial charge in [-0.15, -0.1) is 10.2 Å². The maximum atomic E-state index is 12.0. The molecule has 21 heavy (non-hydrogen) atoms. The number of rotatable bonds is 3. The number of hydrogen-bond acceptors (Lipinski definition) is 5. The fourth-order valence-corrected chi connectivity index (χ4v) is 2.67. The Bertz CT molecular complexity index is 704. The Morgan fingerprint density at radius 1 is 1.43 bits per heavy atom. The van der Waals surface area contributed by atoms with E-state index in [1.54, 1.807) is 23.1 Å². The Kier molecular flexibility index (Phi) is 3.72. The van der Waals surface area contributed by atoms with Gasteiger partial charge in [0.05, 0.1) is 0 Å². The highest BCUT2D eigenvalue weighted by atomic mass is 35.5. The molecule has 1 aliphatic heterocycles. The van der Waals surface area contributed by atoms with Crippen LogP contribution in [0.1, 0.15) is 9.80 Å². The van der Waals surface area contributed by atoms with Gasteiger partial charge in [0.25, 0.3) is 5.91 Å². The number of hydrogen-bond donors (Lipinski definition) is 2. The van der Waals surface area contributed by atoms with E-state index in [1.807, 2.05) is 6.07 Å². The van der Waals surface area contributed by atoms with Crippen LogP contribution in [0, 0.1) is 0 Å². The topological polar surface area (TPSA) is 87.2 Å². The zero-order chi connectivity index (χ0) is 14.8. The van der Waals surface area contributed by atoms with Crippen molar-refractivity contribution in [1.82, 2.24) is 15.5 Å². The van der Waals surface area contributed by atoms with E-state index in [4.69, 9.17) is 11.6 Å². The van der Waals surface area contributed by atoms with Crippen LogP contribution >= 0.6 is 22.9 Å². The first kappa shape index (κ1) is 13.8. The molecule has 7 nitrogen and oxygen atoms in total. The van der Waals surface area contributed by atoms with Crippen LogP contribution < -0.4 is 15.5 Å². The Morgan fingerprint density at radius 2 is 2.29 bits per heavy atom. The quantitative estimate of drug-likeness (QED) is 0.904. The highest BCUT2D eigenvalue weighted by Gasteiger charge is 2.21. The lowest BCUT2D eigenvalue weighted by atomic mass is 10.2. The van der Waals surface area contributed by atoms with Crippen molar-refractivity contribution in [3.05, 3.63) is 33.7 Å². The summed E-state index contributed by atoms with van der Waals surface area (Å²) in [7, 11) is 0. The highest BCUT2D eigenvalue weighted by Crippen LogP contribution is 2.22. The molecule has 0 saturated carbocycles. The number of halogens is 1. The van der Waals surface area contributed by atoms with E-state index in [0.29, 0.717) is 18.8 Å². The number of nitrogens with one attached hydrogen (secondary N) is 2. The van der Waals surface area contributed by atoms with Crippen LogP contribution in [0.15, 0.2) is 24.3 Å². The Hall–Kier alpha value is -2.19. The van der Waals surface area contributed by atoms with Gasteiger partial charge < -0.3 is 10.6 Å². The number of carbonyl (C=O) groups excluding carboxylic acids is 2. The summed E-state index contributed by atoms with van der Waals surface area (Å²) in [6.45, 7) is 1.21. The third-order valence-electron chi connectivity index (χ3n) is 2.87. The van der Waals surface area contributed by atoms with Crippen LogP contribution in [0.3, 0.4) is 0 Å². The third-order valence-corrected chi connectivity index (χ3v) is 3.88. The maximum absolute atomic E-state index is 12.0. The van der Waals surface area contributed by atoms with E-state index in [-0.39, 0.29) is 21.4 Å². The number of carbonyl (C=O) groups is 2. The smallest absolute Gasteiger partial charge is 0.321 e. The van der Waals surface area contributed by atoms with Crippen LogP contribution in [0.4, 0.5) is 16.2 Å². The van der Waals surface area contributed by atoms with Crippen LogP contribution in [0.5, 0.6) is 0 Å². The lowest BCUT2D eigenvalue weighted by Crippen LogP contribution is -2.27. The average molecular weight is 324 g/mol. The number of benzene rings is 1. The molecule has 0 atom stereocenters. The molecular formula is C12H10ClN5O2S. The summed E-state index contributed by atoms with van der Waals surface area (Å²) in [5.41, 5.74) is 1.29. The Labute approximate surface area is 128 Å². The maximum Gasteiger partial charge on any atom is 0.321 e. The zero-order valence-corrected chi connectivity index (χ0v) is 12.2. The fraction of sp³-hybridized carbons (Fsp3) is 0.167. The van der Waals surface area contributed by atoms with E-state index in [1.165, 1.54) is 0 Å². The Morgan fingerprint density at radius 3 is 2.95 bits per heavy atom. The first-order valence-electron chi connectivity index (χ1n) is 6.09. The van der Waals surface area contributed by atoms with Crippen LogP contribution in [0.25, 0.3) is 0 Å². The second-order valence-electron chi connectivity index (χ2n) is 4.25. The van der Waals surface area contributed by atoms with Crippen molar-refractivity contribution >= 4 is 46.3 Å². The summed E-state index contributed by atoms with van der Waals surface area (Å²) < 4.78 is 0.211. The second-order valence-corrected chi connectivity index (χ2v) is 5.81. The Balaban J connectivity index is 1.77. The van der Waals surface area contributed by atoms with Gasteiger partial charge >= 0.3 is 6.03 Å². The van der Waals surface area contributed by atoms with Crippen LogP contribution in [0.2, 0.25) is 4.47 Å². The van der Waals surface area contributed by atoms with Gasteiger partial charge in [-0.3, -0.25) is 9.69 Å². The first-order chi connectivity index (χ1) is 10.1. The van der Waals surface area contributed by atoms with Crippen LogP contribution in [-0.4, -0.2) is 35.2 Å². The monoisotopic (exact) mass is 323 g/mol. The average Bonchev–Trinajstić information content (AvgIpc) is 3.08. The summed E-state index contributed by atoms with van der Waals surface area (Å²) in [4.78, 5) is 25.2. The minimum absolute atomic E-state index is 0.144. The van der Waals surface area contributed by atoms with Gasteiger partial charge in [0.2, 0.25) is 9.47 Å². The molecular weight excluding hydrogens is 314 g/mol. The molecule has 1 saturated heterocycles. The summed E-state index contributed by atoms with van der Waals surface area (Å²) in [6, 6.07) is 6.89. The zero-order valence-electron chi connectivity index (χ0n) is 10.7. The van der Waals surface area contributed by atoms with Gasteiger partial charge in [0, 0.05) is 24.5 Å². The molecule has 1 fully saturated rings. The molecule has 0 unspecified atom stereocenters. The predicted molar refractivity (Wildman–Crippen MR) is 80.1 cm³/mol. The molecule has 3 amide bonds. The molecule has 2 N–H and O–H groups in total. The normalized spacial score (nSPS) is 14.1. The summed E-state index contributed by atoms with van der Waals surface area (Å²) in [5, 5.41) is 12.9. The largest absolute Gasteiger partial charge is 0.336 e. The molecule has 0 spiro atoms. The van der Waals surface area contributed by atoms with Crippen molar-refractivity contribution in [2.75, 3.05) is 23.3 Å². The molecule has 1 aliphatic rings. The van der Waals surface area contributed by atoms with Gasteiger partial charge in [0.1, 0.15) is 0 Å². The standard InChI is InChI=1S/C12H10ClN5O2S/c13-11-17-16-10(21-11)9(19)15-7-2-1-3-8(6-7)18-5-4-14-12(18)20/h1-3,6H,4-5H2,(H,14,20)(H,15,19). The second kappa shape index (κ2) is 5.66. The van der Waals surface area contributed by atoms with Gasteiger partial charge in [0.15, 0.2) is 0 Å². The third kappa shape index (κ3) is 2.96. The number of urea groups is 1. The van der Waals surface area contributed by atoms with Crippen molar-refractivity contribution in [3.63, 3.8) is 0 Å². The van der Waals surface area contributed by atoms with E-state index in [9.17, 15) is 9.59 Å². The minimum Gasteiger partial charge on any atom is -0.336 e. The lowest BCUT2D eigenvalue weighted by molar-refractivity contribution is 0.102. The molecule has 9 heteroatoms. The van der Waals surface area contributed by atoms with Gasteiger partial charge in [-0.2, -0.15) is 0 Å².